The largest absolute Gasteiger partial charge is 0.360 e. The fourth-order valence-corrected chi connectivity index (χ4v) is 2.23. The summed E-state index contributed by atoms with van der Waals surface area (Å²) in [6.07, 6.45) is 0. The zero-order valence-corrected chi connectivity index (χ0v) is 11.5. The molecule has 0 fully saturated rings. The molecule has 1 aromatic heterocycles. The average molecular weight is 301 g/mol. The second-order valence-corrected chi connectivity index (χ2v) is 4.91. The van der Waals surface area contributed by atoms with Gasteiger partial charge in [-0.3, -0.25) is 4.79 Å². The lowest BCUT2D eigenvalue weighted by Crippen LogP contribution is -2.12. The zero-order chi connectivity index (χ0) is 13.8. The number of nitrogens with zero attached hydrogens (tertiary/aromatic N) is 2. The summed E-state index contributed by atoms with van der Waals surface area (Å²) in [4.78, 5) is 11.9. The van der Waals surface area contributed by atoms with Crippen LogP contribution in [0.2, 0.25) is 5.02 Å². The number of hydrogen-bond acceptors (Lipinski definition) is 5. The summed E-state index contributed by atoms with van der Waals surface area (Å²) in [5.74, 6) is -0.900. The van der Waals surface area contributed by atoms with Crippen molar-refractivity contribution < 1.29 is 9.18 Å². The molecule has 0 atom stereocenters. The lowest BCUT2D eigenvalue weighted by atomic mass is 10.3. The third-order valence-electron chi connectivity index (χ3n) is 2.13. The van der Waals surface area contributed by atoms with E-state index in [0.29, 0.717) is 17.4 Å². The maximum Gasteiger partial charge on any atom is 0.286 e. The van der Waals surface area contributed by atoms with E-state index in [1.807, 2.05) is 6.92 Å². The minimum atomic E-state index is -0.464. The van der Waals surface area contributed by atoms with Crippen LogP contribution >= 0.6 is 22.9 Å². The summed E-state index contributed by atoms with van der Waals surface area (Å²) in [7, 11) is 0. The first-order chi connectivity index (χ1) is 9.10. The van der Waals surface area contributed by atoms with Crippen molar-refractivity contribution in [2.75, 3.05) is 17.2 Å². The first-order valence-corrected chi connectivity index (χ1v) is 6.63. The van der Waals surface area contributed by atoms with Crippen LogP contribution in [0.3, 0.4) is 0 Å². The van der Waals surface area contributed by atoms with Gasteiger partial charge in [0, 0.05) is 6.54 Å². The Balaban J connectivity index is 2.11. The van der Waals surface area contributed by atoms with Gasteiger partial charge in [0.2, 0.25) is 10.1 Å². The Hall–Kier alpha value is -1.73. The molecule has 0 aliphatic carbocycles. The molecule has 2 N–H and O–H groups in total. The number of carbonyl (C=O) groups excluding carboxylic acids is 1. The zero-order valence-electron chi connectivity index (χ0n) is 9.91. The maximum atomic E-state index is 12.9. The minimum Gasteiger partial charge on any atom is -0.360 e. The molecule has 8 heteroatoms. The van der Waals surface area contributed by atoms with Gasteiger partial charge in [-0.15, -0.1) is 10.2 Å². The Morgan fingerprint density at radius 1 is 1.47 bits per heavy atom. The van der Waals surface area contributed by atoms with E-state index in [9.17, 15) is 9.18 Å². The molecule has 2 rings (SSSR count). The highest BCUT2D eigenvalue weighted by atomic mass is 35.5. The Morgan fingerprint density at radius 3 is 2.95 bits per heavy atom. The molecule has 0 bridgehead atoms. The van der Waals surface area contributed by atoms with Crippen molar-refractivity contribution in [3.63, 3.8) is 0 Å². The second kappa shape index (κ2) is 5.94. The summed E-state index contributed by atoms with van der Waals surface area (Å²) >= 11 is 6.95. The molecule has 0 radical (unpaired) electrons. The molecule has 0 aliphatic heterocycles. The van der Waals surface area contributed by atoms with Gasteiger partial charge in [0.1, 0.15) is 5.82 Å². The molecular formula is C11H10ClFN4OS. The summed E-state index contributed by atoms with van der Waals surface area (Å²) < 4.78 is 12.9. The van der Waals surface area contributed by atoms with Crippen LogP contribution in [0.4, 0.5) is 15.2 Å². The maximum absolute atomic E-state index is 12.9. The quantitative estimate of drug-likeness (QED) is 0.911. The molecule has 0 saturated heterocycles. The summed E-state index contributed by atoms with van der Waals surface area (Å²) in [6.45, 7) is 2.61. The SMILES string of the molecule is CCNc1nnc(C(=O)Nc2ccc(F)cc2Cl)s1. The van der Waals surface area contributed by atoms with Crippen molar-refractivity contribution in [3.8, 4) is 0 Å². The molecule has 5 nitrogen and oxygen atoms in total. The molecule has 19 heavy (non-hydrogen) atoms. The molecular weight excluding hydrogens is 291 g/mol. The van der Waals surface area contributed by atoms with Crippen LogP contribution in [0, 0.1) is 5.82 Å². The van der Waals surface area contributed by atoms with E-state index in [1.54, 1.807) is 0 Å². The third-order valence-corrected chi connectivity index (χ3v) is 3.32. The van der Waals surface area contributed by atoms with Gasteiger partial charge in [0.15, 0.2) is 0 Å². The highest BCUT2D eigenvalue weighted by molar-refractivity contribution is 7.17. The van der Waals surface area contributed by atoms with E-state index < -0.39 is 11.7 Å². The number of halogens is 2. The van der Waals surface area contributed by atoms with Crippen LogP contribution in [-0.2, 0) is 0 Å². The number of benzene rings is 1. The monoisotopic (exact) mass is 300 g/mol. The fourth-order valence-electron chi connectivity index (χ4n) is 1.30. The number of anilines is 2. The second-order valence-electron chi connectivity index (χ2n) is 3.52. The van der Waals surface area contributed by atoms with Gasteiger partial charge in [0.25, 0.3) is 5.91 Å². The van der Waals surface area contributed by atoms with E-state index in [0.717, 1.165) is 17.4 Å². The topological polar surface area (TPSA) is 66.9 Å². The molecule has 0 unspecified atom stereocenters. The molecule has 0 saturated carbocycles. The number of nitrogens with one attached hydrogen (secondary N) is 2. The Morgan fingerprint density at radius 2 is 2.26 bits per heavy atom. The van der Waals surface area contributed by atoms with Crippen molar-refractivity contribution in [1.82, 2.24) is 10.2 Å². The van der Waals surface area contributed by atoms with E-state index in [4.69, 9.17) is 11.6 Å². The molecule has 1 aromatic carbocycles. The highest BCUT2D eigenvalue weighted by Gasteiger charge is 2.14. The van der Waals surface area contributed by atoms with Crippen molar-refractivity contribution in [2.45, 2.75) is 6.92 Å². The van der Waals surface area contributed by atoms with Crippen molar-refractivity contribution in [3.05, 3.63) is 34.0 Å². The highest BCUT2D eigenvalue weighted by Crippen LogP contribution is 2.24. The van der Waals surface area contributed by atoms with E-state index in [2.05, 4.69) is 20.8 Å². The smallest absolute Gasteiger partial charge is 0.286 e. The fraction of sp³-hybridized carbons (Fsp3) is 0.182. The molecule has 2 aromatic rings. The summed E-state index contributed by atoms with van der Waals surface area (Å²) in [5, 5.41) is 14.0. The van der Waals surface area contributed by atoms with Crippen LogP contribution in [0.5, 0.6) is 0 Å². The van der Waals surface area contributed by atoms with Gasteiger partial charge in [-0.25, -0.2) is 4.39 Å². The Bertz CT molecular complexity index is 604. The molecule has 0 aliphatic rings. The number of aromatic nitrogens is 2. The molecule has 0 spiro atoms. The van der Waals surface area contributed by atoms with Crippen molar-refractivity contribution in [1.29, 1.82) is 0 Å². The summed E-state index contributed by atoms with van der Waals surface area (Å²) in [6, 6.07) is 3.73. The lowest BCUT2D eigenvalue weighted by molar-refractivity contribution is 0.102. The van der Waals surface area contributed by atoms with E-state index in [-0.39, 0.29) is 10.0 Å². The van der Waals surface area contributed by atoms with Gasteiger partial charge in [-0.05, 0) is 25.1 Å². The number of rotatable bonds is 4. The van der Waals surface area contributed by atoms with Crippen molar-refractivity contribution >= 4 is 39.7 Å². The number of amides is 1. The Kier molecular flexibility index (Phi) is 4.28. The van der Waals surface area contributed by atoms with Crippen LogP contribution in [0.25, 0.3) is 0 Å². The predicted octanol–water partition coefficient (Wildman–Crippen LogP) is 3.01. The van der Waals surface area contributed by atoms with Gasteiger partial charge < -0.3 is 10.6 Å². The molecule has 1 amide bonds. The number of carbonyl (C=O) groups is 1. The summed E-state index contributed by atoms with van der Waals surface area (Å²) in [5.41, 5.74) is 0.327. The van der Waals surface area contributed by atoms with Gasteiger partial charge in [-0.1, -0.05) is 22.9 Å². The minimum absolute atomic E-state index is 0.129. The third kappa shape index (κ3) is 3.39. The van der Waals surface area contributed by atoms with Crippen LogP contribution in [-0.4, -0.2) is 22.6 Å². The van der Waals surface area contributed by atoms with Crippen LogP contribution < -0.4 is 10.6 Å². The average Bonchev–Trinajstić information content (AvgIpc) is 2.82. The number of hydrogen-bond donors (Lipinski definition) is 2. The standard InChI is InChI=1S/C11H10ClFN4OS/c1-2-14-11-17-16-10(19-11)9(18)15-8-4-3-6(13)5-7(8)12/h3-5H,2H2,1H3,(H,14,17)(H,15,18). The van der Waals surface area contributed by atoms with Gasteiger partial charge in [0.05, 0.1) is 10.7 Å². The van der Waals surface area contributed by atoms with Crippen LogP contribution in [0.1, 0.15) is 16.7 Å². The van der Waals surface area contributed by atoms with E-state index in [1.165, 1.54) is 12.1 Å². The van der Waals surface area contributed by atoms with Crippen molar-refractivity contribution in [2.24, 2.45) is 0 Å². The normalized spacial score (nSPS) is 10.3. The first-order valence-electron chi connectivity index (χ1n) is 5.44. The van der Waals surface area contributed by atoms with E-state index >= 15 is 0 Å². The van der Waals surface area contributed by atoms with Gasteiger partial charge in [-0.2, -0.15) is 0 Å². The van der Waals surface area contributed by atoms with Gasteiger partial charge >= 0.3 is 0 Å². The molecule has 1 heterocycles. The van der Waals surface area contributed by atoms with Crippen LogP contribution in [0.15, 0.2) is 18.2 Å². The Labute approximate surface area is 117 Å². The predicted molar refractivity (Wildman–Crippen MR) is 73.4 cm³/mol. The molecule has 100 valence electrons. The lowest BCUT2D eigenvalue weighted by Gasteiger charge is -2.04. The first kappa shape index (κ1) is 13.7.